The second-order valence-corrected chi connectivity index (χ2v) is 5.03. The Hall–Kier alpha value is -1.20. The highest BCUT2D eigenvalue weighted by atomic mass is 19.3. The van der Waals surface area contributed by atoms with Crippen LogP contribution in [0.4, 0.5) is 8.78 Å². The molecule has 1 aromatic carbocycles. The third-order valence-corrected chi connectivity index (χ3v) is 3.47. The highest BCUT2D eigenvalue weighted by molar-refractivity contribution is 5.35. The van der Waals surface area contributed by atoms with Gasteiger partial charge < -0.3 is 15.0 Å². The average Bonchev–Trinajstić information content (AvgIpc) is 2.46. The van der Waals surface area contributed by atoms with Crippen LogP contribution in [-0.2, 0) is 0 Å². The molecule has 1 N–H and O–H groups in total. The van der Waals surface area contributed by atoms with Gasteiger partial charge in [-0.25, -0.2) is 0 Å². The van der Waals surface area contributed by atoms with Gasteiger partial charge in [-0.05, 0) is 32.5 Å². The first-order valence-corrected chi connectivity index (χ1v) is 7.57. The fraction of sp³-hybridized carbons (Fsp3) is 0.625. The summed E-state index contributed by atoms with van der Waals surface area (Å²) in [5.41, 5.74) is 0.760. The molecule has 0 aliphatic carbocycles. The summed E-state index contributed by atoms with van der Waals surface area (Å²) < 4.78 is 29.4. The Kier molecular flexibility index (Phi) is 8.23. The molecule has 0 aliphatic heterocycles. The summed E-state index contributed by atoms with van der Waals surface area (Å²) >= 11 is 0. The molecule has 1 unspecified atom stereocenters. The number of benzene rings is 1. The summed E-state index contributed by atoms with van der Waals surface area (Å²) in [5, 5.41) is 3.37. The molecule has 0 fully saturated rings. The third-order valence-electron chi connectivity index (χ3n) is 3.47. The lowest BCUT2D eigenvalue weighted by molar-refractivity contribution is -0.0506. The number of nitrogens with zero attached hydrogens (tertiary/aromatic N) is 1. The van der Waals surface area contributed by atoms with Crippen LogP contribution in [0.15, 0.2) is 24.3 Å². The number of hydrogen-bond acceptors (Lipinski definition) is 3. The SMILES string of the molecule is CCCN(CC)CCNC(C)c1ccccc1OC(F)F. The molecule has 0 bridgehead atoms. The van der Waals surface area contributed by atoms with Crippen LogP contribution in [0.3, 0.4) is 0 Å². The van der Waals surface area contributed by atoms with E-state index < -0.39 is 6.61 Å². The zero-order valence-corrected chi connectivity index (χ0v) is 13.1. The first-order valence-electron chi connectivity index (χ1n) is 7.57. The minimum Gasteiger partial charge on any atom is -0.434 e. The molecule has 1 aromatic rings. The third kappa shape index (κ3) is 6.40. The molecule has 1 rings (SSSR count). The van der Waals surface area contributed by atoms with Crippen molar-refractivity contribution in [3.05, 3.63) is 29.8 Å². The summed E-state index contributed by atoms with van der Waals surface area (Å²) in [5.74, 6) is 0.244. The van der Waals surface area contributed by atoms with Crippen molar-refractivity contribution < 1.29 is 13.5 Å². The Morgan fingerprint density at radius 3 is 2.52 bits per heavy atom. The predicted molar refractivity (Wildman–Crippen MR) is 81.9 cm³/mol. The quantitative estimate of drug-likeness (QED) is 0.713. The number of para-hydroxylation sites is 1. The number of ether oxygens (including phenoxy) is 1. The van der Waals surface area contributed by atoms with Crippen molar-refractivity contribution in [2.75, 3.05) is 26.2 Å². The Labute approximate surface area is 126 Å². The van der Waals surface area contributed by atoms with E-state index in [1.165, 1.54) is 0 Å². The molecule has 0 heterocycles. The van der Waals surface area contributed by atoms with E-state index in [2.05, 4.69) is 28.8 Å². The number of likely N-dealkylation sites (N-methyl/N-ethyl adjacent to an activating group) is 1. The molecule has 1 atom stereocenters. The Bertz CT molecular complexity index is 402. The van der Waals surface area contributed by atoms with Crippen molar-refractivity contribution in [1.29, 1.82) is 0 Å². The van der Waals surface area contributed by atoms with Crippen molar-refractivity contribution in [1.82, 2.24) is 10.2 Å². The first kappa shape index (κ1) is 17.9. The van der Waals surface area contributed by atoms with E-state index >= 15 is 0 Å². The molecule has 0 amide bonds. The molecular weight excluding hydrogens is 274 g/mol. The van der Waals surface area contributed by atoms with Gasteiger partial charge in [0, 0.05) is 24.7 Å². The van der Waals surface area contributed by atoms with Gasteiger partial charge in [-0.2, -0.15) is 8.78 Å². The number of halogens is 2. The summed E-state index contributed by atoms with van der Waals surface area (Å²) in [6, 6.07) is 6.91. The molecule has 0 aliphatic rings. The van der Waals surface area contributed by atoms with Gasteiger partial charge in [0.1, 0.15) is 5.75 Å². The molecule has 3 nitrogen and oxygen atoms in total. The molecule has 0 saturated heterocycles. The van der Waals surface area contributed by atoms with Gasteiger partial charge in [-0.1, -0.05) is 32.0 Å². The van der Waals surface area contributed by atoms with E-state index in [4.69, 9.17) is 0 Å². The lowest BCUT2D eigenvalue weighted by Gasteiger charge is -2.22. The van der Waals surface area contributed by atoms with E-state index in [1.807, 2.05) is 19.1 Å². The van der Waals surface area contributed by atoms with Crippen molar-refractivity contribution in [3.63, 3.8) is 0 Å². The van der Waals surface area contributed by atoms with Crippen LogP contribution in [-0.4, -0.2) is 37.7 Å². The van der Waals surface area contributed by atoms with Gasteiger partial charge in [-0.15, -0.1) is 0 Å². The van der Waals surface area contributed by atoms with Crippen LogP contribution in [0.5, 0.6) is 5.75 Å². The van der Waals surface area contributed by atoms with Gasteiger partial charge >= 0.3 is 6.61 Å². The number of hydrogen-bond donors (Lipinski definition) is 1. The largest absolute Gasteiger partial charge is 0.434 e. The summed E-state index contributed by atoms with van der Waals surface area (Å²) in [4.78, 5) is 2.36. The molecule has 0 saturated carbocycles. The van der Waals surface area contributed by atoms with E-state index in [9.17, 15) is 8.78 Å². The second-order valence-electron chi connectivity index (χ2n) is 5.03. The summed E-state index contributed by atoms with van der Waals surface area (Å²) in [6.45, 7) is 7.35. The summed E-state index contributed by atoms with van der Waals surface area (Å²) in [7, 11) is 0. The van der Waals surface area contributed by atoms with Crippen LogP contribution in [0.2, 0.25) is 0 Å². The molecule has 5 heteroatoms. The monoisotopic (exact) mass is 300 g/mol. The van der Waals surface area contributed by atoms with E-state index in [0.717, 1.165) is 38.2 Å². The van der Waals surface area contributed by atoms with E-state index in [-0.39, 0.29) is 11.8 Å². The van der Waals surface area contributed by atoms with Gasteiger partial charge in [0.25, 0.3) is 0 Å². The van der Waals surface area contributed by atoms with Crippen LogP contribution in [0, 0.1) is 0 Å². The minimum absolute atomic E-state index is 0.0275. The lowest BCUT2D eigenvalue weighted by Crippen LogP contribution is -2.33. The maximum atomic E-state index is 12.4. The maximum absolute atomic E-state index is 12.4. The Balaban J connectivity index is 2.53. The molecule has 0 aromatic heterocycles. The Morgan fingerprint density at radius 2 is 1.90 bits per heavy atom. The average molecular weight is 300 g/mol. The molecule has 21 heavy (non-hydrogen) atoms. The number of nitrogens with one attached hydrogen (secondary N) is 1. The van der Waals surface area contributed by atoms with Crippen LogP contribution < -0.4 is 10.1 Å². The topological polar surface area (TPSA) is 24.5 Å². The van der Waals surface area contributed by atoms with Gasteiger partial charge in [0.2, 0.25) is 0 Å². The van der Waals surface area contributed by atoms with Gasteiger partial charge in [0.15, 0.2) is 0 Å². The lowest BCUT2D eigenvalue weighted by atomic mass is 10.1. The molecule has 0 radical (unpaired) electrons. The van der Waals surface area contributed by atoms with Gasteiger partial charge in [0.05, 0.1) is 0 Å². The van der Waals surface area contributed by atoms with E-state index in [0.29, 0.717) is 0 Å². The van der Waals surface area contributed by atoms with Crippen LogP contribution >= 0.6 is 0 Å². The molecule has 120 valence electrons. The highest BCUT2D eigenvalue weighted by Gasteiger charge is 2.14. The fourth-order valence-electron chi connectivity index (χ4n) is 2.33. The smallest absolute Gasteiger partial charge is 0.387 e. The maximum Gasteiger partial charge on any atom is 0.387 e. The Morgan fingerprint density at radius 1 is 1.19 bits per heavy atom. The van der Waals surface area contributed by atoms with E-state index in [1.54, 1.807) is 12.1 Å². The zero-order valence-electron chi connectivity index (χ0n) is 13.1. The number of rotatable bonds is 10. The number of alkyl halides is 2. The predicted octanol–water partition coefficient (Wildman–Crippen LogP) is 3.67. The van der Waals surface area contributed by atoms with Crippen molar-refractivity contribution in [2.24, 2.45) is 0 Å². The molecule has 0 spiro atoms. The highest BCUT2D eigenvalue weighted by Crippen LogP contribution is 2.26. The van der Waals surface area contributed by atoms with Crippen LogP contribution in [0.25, 0.3) is 0 Å². The molecular formula is C16H26F2N2O. The first-order chi connectivity index (χ1) is 10.1. The van der Waals surface area contributed by atoms with Gasteiger partial charge in [-0.3, -0.25) is 0 Å². The van der Waals surface area contributed by atoms with Crippen molar-refractivity contribution in [2.45, 2.75) is 39.8 Å². The second kappa shape index (κ2) is 9.68. The van der Waals surface area contributed by atoms with Crippen molar-refractivity contribution in [3.8, 4) is 5.75 Å². The van der Waals surface area contributed by atoms with Crippen LogP contribution in [0.1, 0.15) is 38.8 Å². The fourth-order valence-corrected chi connectivity index (χ4v) is 2.33. The van der Waals surface area contributed by atoms with Crippen molar-refractivity contribution >= 4 is 0 Å². The summed E-state index contributed by atoms with van der Waals surface area (Å²) in [6.07, 6.45) is 1.13. The minimum atomic E-state index is -2.79. The zero-order chi connectivity index (χ0) is 15.7. The normalized spacial score (nSPS) is 12.9. The standard InChI is InChI=1S/C16H26F2N2O/c1-4-11-20(5-2)12-10-19-13(3)14-8-6-7-9-15(14)21-16(17)18/h6-9,13,16,19H,4-5,10-12H2,1-3H3.